The molecule has 0 aliphatic carbocycles. The van der Waals surface area contributed by atoms with Gasteiger partial charge in [-0.3, -0.25) is 19.4 Å². The quantitative estimate of drug-likeness (QED) is 0.153. The average molecular weight is 699 g/mol. The number of aromatic nitrogens is 3. The molecular formula is C36H33Cl2N7O4. The Morgan fingerprint density at radius 1 is 0.959 bits per heavy atom. The van der Waals surface area contributed by atoms with Gasteiger partial charge in [-0.05, 0) is 67.1 Å². The van der Waals surface area contributed by atoms with E-state index in [1.54, 1.807) is 49.5 Å². The van der Waals surface area contributed by atoms with Crippen LogP contribution < -0.4 is 25.2 Å². The normalized spacial score (nSPS) is 11.0. The van der Waals surface area contributed by atoms with Gasteiger partial charge in [-0.2, -0.15) is 0 Å². The van der Waals surface area contributed by atoms with Crippen LogP contribution in [0, 0.1) is 6.92 Å². The number of anilines is 3. The number of fused-ring (bicyclic) bond motifs is 1. The van der Waals surface area contributed by atoms with Gasteiger partial charge < -0.3 is 25.2 Å². The number of hydrogen-bond acceptors (Lipinski definition) is 8. The number of pyridine rings is 3. The van der Waals surface area contributed by atoms with Crippen molar-refractivity contribution in [3.63, 3.8) is 0 Å². The predicted molar refractivity (Wildman–Crippen MR) is 193 cm³/mol. The molecule has 49 heavy (non-hydrogen) atoms. The Morgan fingerprint density at radius 3 is 2.45 bits per heavy atom. The van der Waals surface area contributed by atoms with E-state index in [0.29, 0.717) is 44.5 Å². The summed E-state index contributed by atoms with van der Waals surface area (Å²) in [7, 11) is 5.51. The summed E-state index contributed by atoms with van der Waals surface area (Å²) in [5, 5.41) is 6.85. The van der Waals surface area contributed by atoms with E-state index in [4.69, 9.17) is 32.9 Å². The van der Waals surface area contributed by atoms with Gasteiger partial charge in [-0.25, -0.2) is 9.97 Å². The third kappa shape index (κ3) is 8.50. The van der Waals surface area contributed by atoms with Crippen LogP contribution in [0.1, 0.15) is 27.2 Å². The molecule has 5 aromatic rings. The minimum Gasteiger partial charge on any atom is -0.487 e. The molecule has 0 saturated heterocycles. The third-order valence-corrected chi connectivity index (χ3v) is 8.25. The fourth-order valence-corrected chi connectivity index (χ4v) is 5.46. The van der Waals surface area contributed by atoms with Crippen molar-refractivity contribution in [2.75, 3.05) is 42.8 Å². The third-order valence-electron chi connectivity index (χ3n) is 7.48. The van der Waals surface area contributed by atoms with Crippen molar-refractivity contribution in [1.29, 1.82) is 0 Å². The number of hydrogen-bond donors (Lipinski definition) is 2. The molecule has 0 fully saturated rings. The van der Waals surface area contributed by atoms with Crippen LogP contribution in [-0.2, 0) is 16.2 Å². The monoisotopic (exact) mass is 697 g/mol. The van der Waals surface area contributed by atoms with E-state index < -0.39 is 11.8 Å². The molecule has 3 heterocycles. The van der Waals surface area contributed by atoms with E-state index in [-0.39, 0.29) is 24.1 Å². The zero-order chi connectivity index (χ0) is 35.1. The second-order valence-corrected chi connectivity index (χ2v) is 11.9. The highest BCUT2D eigenvalue weighted by Crippen LogP contribution is 2.36. The Kier molecular flexibility index (Phi) is 11.1. The van der Waals surface area contributed by atoms with Gasteiger partial charge in [-0.1, -0.05) is 35.3 Å². The molecule has 2 aromatic carbocycles. The van der Waals surface area contributed by atoms with Crippen molar-refractivity contribution in [2.45, 2.75) is 13.5 Å². The van der Waals surface area contributed by atoms with Crippen LogP contribution >= 0.6 is 23.2 Å². The van der Waals surface area contributed by atoms with Crippen LogP contribution in [0.25, 0.3) is 17.0 Å². The molecular weight excluding hydrogens is 665 g/mol. The Labute approximate surface area is 293 Å². The summed E-state index contributed by atoms with van der Waals surface area (Å²) in [6, 6.07) is 17.5. The van der Waals surface area contributed by atoms with Gasteiger partial charge in [0.2, 0.25) is 11.8 Å². The Balaban J connectivity index is 1.18. The Morgan fingerprint density at radius 2 is 1.73 bits per heavy atom. The van der Waals surface area contributed by atoms with Crippen LogP contribution in [0.2, 0.25) is 10.0 Å². The summed E-state index contributed by atoms with van der Waals surface area (Å²) in [4.78, 5) is 54.0. The lowest BCUT2D eigenvalue weighted by Crippen LogP contribution is -2.37. The fraction of sp³-hybridized carbons (Fsp3) is 0.167. The maximum atomic E-state index is 13.0. The van der Waals surface area contributed by atoms with E-state index in [2.05, 4.69) is 20.6 Å². The molecule has 0 radical (unpaired) electrons. The van der Waals surface area contributed by atoms with Gasteiger partial charge in [0.25, 0.3) is 5.91 Å². The first-order valence-corrected chi connectivity index (χ1v) is 15.8. The molecule has 0 bridgehead atoms. The number of carbonyl (C=O) groups is 3. The summed E-state index contributed by atoms with van der Waals surface area (Å²) in [5.41, 5.74) is 4.56. The minimum atomic E-state index is -0.482. The molecule has 11 nitrogen and oxygen atoms in total. The second kappa shape index (κ2) is 15.6. The molecule has 0 aliphatic heterocycles. The number of likely N-dealkylation sites (N-methyl/N-ethyl adjacent to an activating group) is 1. The smallest absolute Gasteiger partial charge is 0.256 e. The Hall–Kier alpha value is -5.52. The zero-order valence-electron chi connectivity index (χ0n) is 27.2. The number of nitrogens with one attached hydrogen (secondary N) is 2. The SMILES string of the molecule is Cc1cc(N(C)C)c2cccc(OCc3c(Cl)ccc(N(C)C(=O)CNC(=O)C=Cc4ccc(NC(=O)c5ccncc5)nc4)c3Cl)c2n1. The number of carbonyl (C=O) groups excluding carboxylic acids is 3. The van der Waals surface area contributed by atoms with Crippen molar-refractivity contribution in [1.82, 2.24) is 20.3 Å². The summed E-state index contributed by atoms with van der Waals surface area (Å²) in [6.45, 7) is 1.68. The van der Waals surface area contributed by atoms with E-state index >= 15 is 0 Å². The van der Waals surface area contributed by atoms with Crippen LogP contribution in [0.4, 0.5) is 17.2 Å². The molecule has 0 saturated carbocycles. The second-order valence-electron chi connectivity index (χ2n) is 11.1. The lowest BCUT2D eigenvalue weighted by atomic mass is 10.1. The molecule has 0 spiro atoms. The average Bonchev–Trinajstić information content (AvgIpc) is 3.10. The van der Waals surface area contributed by atoms with Crippen molar-refractivity contribution in [3.05, 3.63) is 118 Å². The van der Waals surface area contributed by atoms with Gasteiger partial charge in [0.05, 0.1) is 17.3 Å². The molecule has 250 valence electrons. The summed E-state index contributed by atoms with van der Waals surface area (Å²) < 4.78 is 6.19. The largest absolute Gasteiger partial charge is 0.487 e. The summed E-state index contributed by atoms with van der Waals surface area (Å²) in [5.74, 6) is -0.277. The van der Waals surface area contributed by atoms with Gasteiger partial charge in [0, 0.05) is 78.7 Å². The number of rotatable bonds is 11. The van der Waals surface area contributed by atoms with Crippen molar-refractivity contribution in [2.24, 2.45) is 0 Å². The van der Waals surface area contributed by atoms with E-state index in [1.165, 1.54) is 29.6 Å². The Bertz CT molecular complexity index is 2040. The van der Waals surface area contributed by atoms with Gasteiger partial charge in [0.15, 0.2) is 0 Å². The van der Waals surface area contributed by atoms with Crippen LogP contribution in [-0.4, -0.2) is 60.4 Å². The number of halogens is 2. The van der Waals surface area contributed by atoms with Crippen molar-refractivity contribution < 1.29 is 19.1 Å². The van der Waals surface area contributed by atoms with Gasteiger partial charge in [-0.15, -0.1) is 0 Å². The van der Waals surface area contributed by atoms with Crippen LogP contribution in [0.15, 0.2) is 85.3 Å². The zero-order valence-corrected chi connectivity index (χ0v) is 28.7. The number of para-hydroxylation sites is 1. The molecule has 13 heteroatoms. The highest BCUT2D eigenvalue weighted by Gasteiger charge is 2.20. The molecule has 2 N–H and O–H groups in total. The molecule has 3 amide bonds. The molecule has 0 aliphatic rings. The first-order valence-electron chi connectivity index (χ1n) is 15.1. The molecule has 3 aromatic heterocycles. The first-order chi connectivity index (χ1) is 23.5. The number of amides is 3. The maximum Gasteiger partial charge on any atom is 0.256 e. The standard InChI is InChI=1S/C36H33Cl2N7O4/c1-22-18-29(44(2)3)25-6-5-7-30(35(25)42-22)49-21-26-27(37)10-11-28(34(26)38)45(4)33(47)20-41-32(46)13-9-23-8-12-31(40-19-23)43-36(48)24-14-16-39-17-15-24/h5-19H,20-21H2,1-4H3,(H,41,46)(H,40,43,48). The molecule has 5 rings (SSSR count). The lowest BCUT2D eigenvalue weighted by Gasteiger charge is -2.21. The minimum absolute atomic E-state index is 0.0358. The first kappa shape index (κ1) is 34.8. The maximum absolute atomic E-state index is 13.0. The highest BCUT2D eigenvalue weighted by molar-refractivity contribution is 6.38. The number of aryl methyl sites for hydroxylation is 1. The van der Waals surface area contributed by atoms with Gasteiger partial charge >= 0.3 is 0 Å². The highest BCUT2D eigenvalue weighted by atomic mass is 35.5. The van der Waals surface area contributed by atoms with Gasteiger partial charge in [0.1, 0.15) is 23.7 Å². The fourth-order valence-electron chi connectivity index (χ4n) is 4.86. The predicted octanol–water partition coefficient (Wildman–Crippen LogP) is 6.33. The van der Waals surface area contributed by atoms with E-state index in [1.807, 2.05) is 50.2 Å². The van der Waals surface area contributed by atoms with E-state index in [0.717, 1.165) is 16.8 Å². The van der Waals surface area contributed by atoms with Crippen LogP contribution in [0.3, 0.4) is 0 Å². The van der Waals surface area contributed by atoms with Crippen molar-refractivity contribution >= 4 is 75.1 Å². The number of ether oxygens (including phenoxy) is 1. The molecule has 0 unspecified atom stereocenters. The number of benzene rings is 2. The summed E-state index contributed by atoms with van der Waals surface area (Å²) in [6.07, 6.45) is 7.39. The number of nitrogens with zero attached hydrogens (tertiary/aromatic N) is 5. The van der Waals surface area contributed by atoms with E-state index in [9.17, 15) is 14.4 Å². The topological polar surface area (TPSA) is 130 Å². The lowest BCUT2D eigenvalue weighted by molar-refractivity contribution is -0.122. The molecule has 0 atom stereocenters. The summed E-state index contributed by atoms with van der Waals surface area (Å²) >= 11 is 13.3. The van der Waals surface area contributed by atoms with Crippen LogP contribution in [0.5, 0.6) is 5.75 Å². The van der Waals surface area contributed by atoms with Crippen molar-refractivity contribution in [3.8, 4) is 5.75 Å².